The van der Waals surface area contributed by atoms with Crippen LogP contribution in [0, 0.1) is 13.8 Å². The molecule has 0 radical (unpaired) electrons. The standard InChI is InChI=1S/C27H45N3O4/c1-10-12-13-17-28-24(32)23(22-19(3)15-14-16-20(22)4)30(27(8,9)11-2)21(31)18-29-25(33)34-26(5,6)7/h14-16,23H,10-13,17-18H2,1-9H3,(H,28,32)(H,29,33). The van der Waals surface area contributed by atoms with Gasteiger partial charge < -0.3 is 20.3 Å². The van der Waals surface area contributed by atoms with Crippen molar-refractivity contribution in [3.05, 3.63) is 34.9 Å². The molecule has 0 saturated carbocycles. The van der Waals surface area contributed by atoms with Gasteiger partial charge in [0, 0.05) is 12.1 Å². The van der Waals surface area contributed by atoms with Gasteiger partial charge in [-0.2, -0.15) is 0 Å². The second-order valence-electron chi connectivity index (χ2n) is 10.5. The third-order valence-electron chi connectivity index (χ3n) is 5.97. The molecular weight excluding hydrogens is 430 g/mol. The highest BCUT2D eigenvalue weighted by Gasteiger charge is 2.41. The van der Waals surface area contributed by atoms with Gasteiger partial charge in [0.1, 0.15) is 18.2 Å². The summed E-state index contributed by atoms with van der Waals surface area (Å²) < 4.78 is 5.29. The quantitative estimate of drug-likeness (QED) is 0.431. The molecule has 1 aromatic rings. The van der Waals surface area contributed by atoms with E-state index in [1.165, 1.54) is 0 Å². The van der Waals surface area contributed by atoms with Crippen molar-refractivity contribution < 1.29 is 19.1 Å². The van der Waals surface area contributed by atoms with Crippen LogP contribution in [0.5, 0.6) is 0 Å². The summed E-state index contributed by atoms with van der Waals surface area (Å²) in [5, 5.41) is 5.62. The third-order valence-corrected chi connectivity index (χ3v) is 5.97. The van der Waals surface area contributed by atoms with E-state index < -0.39 is 23.3 Å². The van der Waals surface area contributed by atoms with Gasteiger partial charge in [-0.05, 0) is 78.0 Å². The minimum atomic E-state index is -0.814. The van der Waals surface area contributed by atoms with Gasteiger partial charge >= 0.3 is 6.09 Å². The number of carbonyl (C=O) groups excluding carboxylic acids is 3. The minimum absolute atomic E-state index is 0.208. The van der Waals surface area contributed by atoms with Gasteiger partial charge in [0.15, 0.2) is 0 Å². The molecule has 0 spiro atoms. The van der Waals surface area contributed by atoms with E-state index in [1.807, 2.05) is 52.8 Å². The van der Waals surface area contributed by atoms with Gasteiger partial charge in [-0.15, -0.1) is 0 Å². The van der Waals surface area contributed by atoms with Crippen molar-refractivity contribution in [3.8, 4) is 0 Å². The number of benzene rings is 1. The molecule has 3 amide bonds. The highest BCUT2D eigenvalue weighted by atomic mass is 16.6. The summed E-state index contributed by atoms with van der Waals surface area (Å²) in [4.78, 5) is 41.1. The fourth-order valence-electron chi connectivity index (χ4n) is 3.87. The Hall–Kier alpha value is -2.57. The highest BCUT2D eigenvalue weighted by Crippen LogP contribution is 2.34. The number of nitrogens with zero attached hydrogens (tertiary/aromatic N) is 1. The number of aryl methyl sites for hydroxylation is 2. The van der Waals surface area contributed by atoms with Gasteiger partial charge in [-0.3, -0.25) is 9.59 Å². The number of hydrogen-bond donors (Lipinski definition) is 2. The molecule has 192 valence electrons. The average Bonchev–Trinajstić information content (AvgIpc) is 2.72. The summed E-state index contributed by atoms with van der Waals surface area (Å²) >= 11 is 0. The summed E-state index contributed by atoms with van der Waals surface area (Å²) in [6.45, 7) is 17.5. The summed E-state index contributed by atoms with van der Waals surface area (Å²) in [7, 11) is 0. The van der Waals surface area contributed by atoms with Gasteiger partial charge in [0.25, 0.3) is 0 Å². The van der Waals surface area contributed by atoms with Gasteiger partial charge in [-0.25, -0.2) is 4.79 Å². The molecule has 0 aromatic heterocycles. The first-order chi connectivity index (χ1) is 15.7. The molecule has 0 bridgehead atoms. The summed E-state index contributed by atoms with van der Waals surface area (Å²) in [5.74, 6) is -0.547. The van der Waals surface area contributed by atoms with Gasteiger partial charge in [-0.1, -0.05) is 44.9 Å². The van der Waals surface area contributed by atoms with Crippen molar-refractivity contribution in [1.29, 1.82) is 0 Å². The molecule has 1 unspecified atom stereocenters. The molecule has 2 N–H and O–H groups in total. The van der Waals surface area contributed by atoms with Crippen LogP contribution >= 0.6 is 0 Å². The average molecular weight is 476 g/mol. The molecule has 0 saturated heterocycles. The van der Waals surface area contributed by atoms with Gasteiger partial charge in [0.05, 0.1) is 0 Å². The lowest BCUT2D eigenvalue weighted by Crippen LogP contribution is -2.56. The van der Waals surface area contributed by atoms with Crippen LogP contribution < -0.4 is 10.6 Å². The number of alkyl carbamates (subject to hydrolysis) is 1. The van der Waals surface area contributed by atoms with Crippen molar-refractivity contribution in [2.75, 3.05) is 13.1 Å². The number of nitrogens with one attached hydrogen (secondary N) is 2. The molecule has 1 atom stereocenters. The highest BCUT2D eigenvalue weighted by molar-refractivity contribution is 5.91. The summed E-state index contributed by atoms with van der Waals surface area (Å²) in [6, 6.07) is 5.05. The van der Waals surface area contributed by atoms with Crippen molar-refractivity contribution in [1.82, 2.24) is 15.5 Å². The van der Waals surface area contributed by atoms with E-state index in [-0.39, 0.29) is 18.4 Å². The predicted octanol–water partition coefficient (Wildman–Crippen LogP) is 5.19. The third kappa shape index (κ3) is 8.65. The fourth-order valence-corrected chi connectivity index (χ4v) is 3.87. The normalized spacial score (nSPS) is 12.6. The molecule has 0 heterocycles. The number of carbonyl (C=O) groups is 3. The van der Waals surface area contributed by atoms with E-state index in [1.54, 1.807) is 25.7 Å². The van der Waals surface area contributed by atoms with Crippen molar-refractivity contribution in [3.63, 3.8) is 0 Å². The molecule has 1 rings (SSSR count). The summed E-state index contributed by atoms with van der Waals surface area (Å²) in [6.07, 6.45) is 2.93. The van der Waals surface area contributed by atoms with Crippen LogP contribution in [-0.4, -0.2) is 47.0 Å². The van der Waals surface area contributed by atoms with Gasteiger partial charge in [0.2, 0.25) is 11.8 Å². The van der Waals surface area contributed by atoms with Crippen LogP contribution in [0.15, 0.2) is 18.2 Å². The first kappa shape index (κ1) is 29.5. The molecule has 0 aliphatic rings. The fraction of sp³-hybridized carbons (Fsp3) is 0.667. The summed E-state index contributed by atoms with van der Waals surface area (Å²) in [5.41, 5.74) is 1.40. The van der Waals surface area contributed by atoms with E-state index in [0.717, 1.165) is 36.0 Å². The molecular formula is C27H45N3O4. The van der Waals surface area contributed by atoms with E-state index in [0.29, 0.717) is 13.0 Å². The first-order valence-corrected chi connectivity index (χ1v) is 12.4. The minimum Gasteiger partial charge on any atom is -0.444 e. The van der Waals surface area contributed by atoms with Crippen molar-refractivity contribution in [2.45, 2.75) is 105 Å². The maximum Gasteiger partial charge on any atom is 0.408 e. The Kier molecular flexibility index (Phi) is 11.1. The Morgan fingerprint density at radius 3 is 2.06 bits per heavy atom. The number of amides is 3. The number of ether oxygens (including phenoxy) is 1. The van der Waals surface area contributed by atoms with Crippen LogP contribution in [0.25, 0.3) is 0 Å². The largest absolute Gasteiger partial charge is 0.444 e. The number of hydrogen-bond acceptors (Lipinski definition) is 4. The topological polar surface area (TPSA) is 87.7 Å². The zero-order valence-electron chi connectivity index (χ0n) is 22.6. The second-order valence-corrected chi connectivity index (χ2v) is 10.5. The molecule has 34 heavy (non-hydrogen) atoms. The van der Waals surface area contributed by atoms with E-state index in [9.17, 15) is 14.4 Å². The Labute approximate surface area is 206 Å². The van der Waals surface area contributed by atoms with Crippen LogP contribution in [0.1, 0.15) is 96.9 Å². The maximum atomic E-state index is 13.6. The Balaban J connectivity index is 3.39. The first-order valence-electron chi connectivity index (χ1n) is 12.4. The molecule has 1 aromatic carbocycles. The molecule has 0 aliphatic heterocycles. The van der Waals surface area contributed by atoms with Crippen LogP contribution in [0.4, 0.5) is 4.79 Å². The maximum absolute atomic E-state index is 13.6. The molecule has 0 aliphatic carbocycles. The Bertz CT molecular complexity index is 823. The molecule has 0 fully saturated rings. The predicted molar refractivity (Wildman–Crippen MR) is 137 cm³/mol. The lowest BCUT2D eigenvalue weighted by atomic mass is 9.89. The zero-order chi connectivity index (χ0) is 26.1. The van der Waals surface area contributed by atoms with E-state index in [2.05, 4.69) is 17.6 Å². The van der Waals surface area contributed by atoms with Crippen LogP contribution in [0.2, 0.25) is 0 Å². The molecule has 7 heteroatoms. The second kappa shape index (κ2) is 12.8. The Morgan fingerprint density at radius 2 is 1.56 bits per heavy atom. The lowest BCUT2D eigenvalue weighted by Gasteiger charge is -2.44. The Morgan fingerprint density at radius 1 is 0.971 bits per heavy atom. The van der Waals surface area contributed by atoms with Crippen molar-refractivity contribution >= 4 is 17.9 Å². The van der Waals surface area contributed by atoms with Crippen LogP contribution in [0.3, 0.4) is 0 Å². The lowest BCUT2D eigenvalue weighted by molar-refractivity contribution is -0.146. The van der Waals surface area contributed by atoms with Crippen LogP contribution in [-0.2, 0) is 14.3 Å². The monoisotopic (exact) mass is 475 g/mol. The molecule has 7 nitrogen and oxygen atoms in total. The smallest absolute Gasteiger partial charge is 0.408 e. The number of rotatable bonds is 11. The van der Waals surface area contributed by atoms with Crippen molar-refractivity contribution in [2.24, 2.45) is 0 Å². The number of unbranched alkanes of at least 4 members (excludes halogenated alkanes) is 2. The zero-order valence-corrected chi connectivity index (χ0v) is 22.6. The SMILES string of the molecule is CCCCCNC(=O)C(c1c(C)cccc1C)N(C(=O)CNC(=O)OC(C)(C)C)C(C)(C)CC. The van der Waals surface area contributed by atoms with E-state index in [4.69, 9.17) is 4.74 Å². The van der Waals surface area contributed by atoms with E-state index >= 15 is 0 Å².